The predicted octanol–water partition coefficient (Wildman–Crippen LogP) is 6.70. The second kappa shape index (κ2) is 13.1. The van der Waals surface area contributed by atoms with Crippen LogP contribution in [-0.4, -0.2) is 39.5 Å². The molecule has 8 nitrogen and oxygen atoms in total. The van der Waals surface area contributed by atoms with Crippen molar-refractivity contribution in [2.75, 3.05) is 18.2 Å². The molecule has 0 unspecified atom stereocenters. The van der Waals surface area contributed by atoms with Gasteiger partial charge in [-0.2, -0.15) is 0 Å². The van der Waals surface area contributed by atoms with E-state index in [1.165, 1.54) is 42.3 Å². The molecule has 0 bridgehead atoms. The quantitative estimate of drug-likeness (QED) is 0.116. The van der Waals surface area contributed by atoms with Gasteiger partial charge in [-0.25, -0.2) is 9.18 Å². The van der Waals surface area contributed by atoms with Gasteiger partial charge in [-0.15, -0.1) is 28.1 Å². The van der Waals surface area contributed by atoms with Gasteiger partial charge in [0, 0.05) is 22.5 Å². The average Bonchev–Trinajstić information content (AvgIpc) is 3.53. The Labute approximate surface area is 244 Å². The van der Waals surface area contributed by atoms with Crippen molar-refractivity contribution < 1.29 is 23.5 Å². The Morgan fingerprint density at radius 3 is 2.55 bits per heavy atom. The van der Waals surface area contributed by atoms with Crippen molar-refractivity contribution in [2.24, 2.45) is 0 Å². The number of hydrogen-bond donors (Lipinski definition) is 1. The molecule has 1 amide bonds. The van der Waals surface area contributed by atoms with E-state index in [0.717, 1.165) is 11.1 Å². The van der Waals surface area contributed by atoms with Crippen molar-refractivity contribution in [1.82, 2.24) is 14.8 Å². The first-order chi connectivity index (χ1) is 19.2. The Morgan fingerprint density at radius 2 is 1.90 bits per heavy atom. The van der Waals surface area contributed by atoms with Gasteiger partial charge in [0.25, 0.3) is 0 Å². The Kier molecular flexibility index (Phi) is 9.62. The molecule has 0 radical (unpaired) electrons. The summed E-state index contributed by atoms with van der Waals surface area (Å²) < 4.78 is 26.1. The SMILES string of the molecule is C=CCn1c(COc2cc(C)c(Cl)c(C)c2)nnc1SCC(=O)Nc1scc(-c2ccc(F)cc2)c1C(=O)OC. The van der Waals surface area contributed by atoms with Crippen LogP contribution in [-0.2, 0) is 22.7 Å². The number of hydrogen-bond acceptors (Lipinski definition) is 8. The summed E-state index contributed by atoms with van der Waals surface area (Å²) in [4.78, 5) is 25.4. The van der Waals surface area contributed by atoms with E-state index in [1.807, 2.05) is 30.5 Å². The molecular weight excluding hydrogens is 575 g/mol. The number of amides is 1. The van der Waals surface area contributed by atoms with Gasteiger partial charge in [-0.1, -0.05) is 41.6 Å². The minimum Gasteiger partial charge on any atom is -0.486 e. The zero-order valence-electron chi connectivity index (χ0n) is 22.0. The van der Waals surface area contributed by atoms with Gasteiger partial charge in [0.1, 0.15) is 28.7 Å². The van der Waals surface area contributed by atoms with Crippen LogP contribution < -0.4 is 10.1 Å². The number of thioether (sulfide) groups is 1. The summed E-state index contributed by atoms with van der Waals surface area (Å²) in [5.74, 6) is -0.0957. The zero-order chi connectivity index (χ0) is 28.8. The maximum Gasteiger partial charge on any atom is 0.341 e. The van der Waals surface area contributed by atoms with Crippen molar-refractivity contribution in [3.05, 3.63) is 87.8 Å². The summed E-state index contributed by atoms with van der Waals surface area (Å²) in [5, 5.41) is 14.5. The minimum absolute atomic E-state index is 0.0100. The number of thiophene rings is 1. The Hall–Kier alpha value is -3.67. The van der Waals surface area contributed by atoms with Crippen LogP contribution in [0, 0.1) is 19.7 Å². The van der Waals surface area contributed by atoms with E-state index in [4.69, 9.17) is 21.1 Å². The number of nitrogens with one attached hydrogen (secondary N) is 1. The highest BCUT2D eigenvalue weighted by atomic mass is 35.5. The lowest BCUT2D eigenvalue weighted by Crippen LogP contribution is -2.16. The third-order valence-corrected chi connectivity index (χ3v) is 8.26. The highest BCUT2D eigenvalue weighted by Gasteiger charge is 2.23. The highest BCUT2D eigenvalue weighted by molar-refractivity contribution is 7.99. The van der Waals surface area contributed by atoms with Gasteiger partial charge in [0.15, 0.2) is 11.0 Å². The highest BCUT2D eigenvalue weighted by Crippen LogP contribution is 2.36. The molecule has 208 valence electrons. The average molecular weight is 601 g/mol. The molecule has 0 atom stereocenters. The van der Waals surface area contributed by atoms with E-state index in [2.05, 4.69) is 22.1 Å². The number of carbonyl (C=O) groups is 2. The van der Waals surface area contributed by atoms with E-state index < -0.39 is 11.8 Å². The number of rotatable bonds is 11. The first-order valence-corrected chi connectivity index (χ1v) is 14.3. The van der Waals surface area contributed by atoms with Crippen molar-refractivity contribution in [1.29, 1.82) is 0 Å². The number of benzene rings is 2. The van der Waals surface area contributed by atoms with E-state index >= 15 is 0 Å². The van der Waals surface area contributed by atoms with Gasteiger partial charge >= 0.3 is 5.97 Å². The molecule has 0 fully saturated rings. The van der Waals surface area contributed by atoms with Gasteiger partial charge in [-0.3, -0.25) is 9.36 Å². The fourth-order valence-electron chi connectivity index (χ4n) is 3.87. The van der Waals surface area contributed by atoms with Crippen LogP contribution >= 0.6 is 34.7 Å². The van der Waals surface area contributed by atoms with Gasteiger partial charge in [0.2, 0.25) is 5.91 Å². The maximum atomic E-state index is 13.4. The lowest BCUT2D eigenvalue weighted by Gasteiger charge is -2.11. The molecule has 0 saturated heterocycles. The van der Waals surface area contributed by atoms with Crippen LogP contribution in [0.4, 0.5) is 9.39 Å². The number of nitrogens with zero attached hydrogens (tertiary/aromatic N) is 3. The molecule has 2 aromatic carbocycles. The number of aryl methyl sites for hydroxylation is 2. The van der Waals surface area contributed by atoms with Crippen LogP contribution in [0.25, 0.3) is 11.1 Å². The van der Waals surface area contributed by atoms with Gasteiger partial charge in [0.05, 0.1) is 12.9 Å². The largest absolute Gasteiger partial charge is 0.486 e. The molecule has 0 aliphatic rings. The van der Waals surface area contributed by atoms with E-state index in [9.17, 15) is 14.0 Å². The number of ether oxygens (including phenoxy) is 2. The lowest BCUT2D eigenvalue weighted by atomic mass is 10.0. The predicted molar refractivity (Wildman–Crippen MR) is 156 cm³/mol. The standard InChI is InChI=1S/C28H26ClFN4O4S2/c1-5-10-34-22(13-38-20-11-16(2)25(29)17(3)12-20)32-33-28(34)40-15-23(35)31-26-24(27(36)37-4)21(14-39-26)18-6-8-19(30)9-7-18/h5-9,11-12,14H,1,10,13,15H2,2-4H3,(H,31,35). The number of esters is 1. The van der Waals surface area contributed by atoms with Crippen LogP contribution in [0.3, 0.4) is 0 Å². The third kappa shape index (κ3) is 6.72. The van der Waals surface area contributed by atoms with Crippen molar-refractivity contribution in [3.8, 4) is 16.9 Å². The number of anilines is 1. The van der Waals surface area contributed by atoms with Crippen LogP contribution in [0.2, 0.25) is 5.02 Å². The van der Waals surface area contributed by atoms with E-state index in [-0.39, 0.29) is 23.8 Å². The Bertz CT molecular complexity index is 1530. The number of aromatic nitrogens is 3. The van der Waals surface area contributed by atoms with Gasteiger partial charge < -0.3 is 14.8 Å². The summed E-state index contributed by atoms with van der Waals surface area (Å²) in [6, 6.07) is 9.46. The van der Waals surface area contributed by atoms with E-state index in [1.54, 1.807) is 23.6 Å². The molecule has 1 N–H and O–H groups in total. The van der Waals surface area contributed by atoms with Crippen LogP contribution in [0.5, 0.6) is 5.75 Å². The molecule has 40 heavy (non-hydrogen) atoms. The monoisotopic (exact) mass is 600 g/mol. The smallest absolute Gasteiger partial charge is 0.341 e. The zero-order valence-corrected chi connectivity index (χ0v) is 24.4. The number of methoxy groups -OCH3 is 1. The molecule has 0 spiro atoms. The molecule has 2 heterocycles. The second-order valence-corrected chi connectivity index (χ2v) is 10.8. The number of allylic oxidation sites excluding steroid dienone is 1. The topological polar surface area (TPSA) is 95.3 Å². The van der Waals surface area contributed by atoms with Crippen molar-refractivity contribution in [2.45, 2.75) is 32.2 Å². The molecule has 4 rings (SSSR count). The van der Waals surface area contributed by atoms with Crippen molar-refractivity contribution >= 4 is 51.6 Å². The summed E-state index contributed by atoms with van der Waals surface area (Å²) in [6.07, 6.45) is 1.71. The number of halogens is 2. The maximum absolute atomic E-state index is 13.4. The Balaban J connectivity index is 1.45. The summed E-state index contributed by atoms with van der Waals surface area (Å²) in [7, 11) is 1.26. The minimum atomic E-state index is -0.607. The fraction of sp³-hybridized carbons (Fsp3) is 0.214. The summed E-state index contributed by atoms with van der Waals surface area (Å²) >= 11 is 8.63. The molecule has 0 saturated carbocycles. The molecule has 0 aliphatic heterocycles. The molecular formula is C28H26ClFN4O4S2. The summed E-state index contributed by atoms with van der Waals surface area (Å²) in [6.45, 7) is 8.22. The lowest BCUT2D eigenvalue weighted by molar-refractivity contribution is -0.113. The second-order valence-electron chi connectivity index (χ2n) is 8.65. The molecule has 0 aliphatic carbocycles. The third-order valence-electron chi connectivity index (χ3n) is 5.80. The summed E-state index contributed by atoms with van der Waals surface area (Å²) in [5.41, 5.74) is 3.21. The van der Waals surface area contributed by atoms with Crippen molar-refractivity contribution in [3.63, 3.8) is 0 Å². The number of carbonyl (C=O) groups excluding carboxylic acids is 2. The van der Waals surface area contributed by atoms with Crippen LogP contribution in [0.1, 0.15) is 27.3 Å². The molecule has 12 heteroatoms. The normalized spacial score (nSPS) is 10.8. The molecule has 4 aromatic rings. The fourth-order valence-corrected chi connectivity index (χ4v) is 5.72. The Morgan fingerprint density at radius 1 is 1.20 bits per heavy atom. The van der Waals surface area contributed by atoms with Crippen LogP contribution in [0.15, 0.2) is 59.6 Å². The first kappa shape index (κ1) is 29.3. The van der Waals surface area contributed by atoms with Gasteiger partial charge in [-0.05, 0) is 54.8 Å². The molecule has 2 aromatic heterocycles. The first-order valence-electron chi connectivity index (χ1n) is 12.0. The van der Waals surface area contributed by atoms with E-state index in [0.29, 0.717) is 44.4 Å².